The van der Waals surface area contributed by atoms with Gasteiger partial charge in [-0.15, -0.1) is 0 Å². The van der Waals surface area contributed by atoms with E-state index in [2.05, 4.69) is 5.10 Å². The maximum atomic E-state index is 12.4. The maximum Gasteiger partial charge on any atom is 0.280 e. The van der Waals surface area contributed by atoms with Crippen LogP contribution in [0.25, 0.3) is 10.9 Å². The van der Waals surface area contributed by atoms with Crippen LogP contribution in [0.15, 0.2) is 48.7 Å². The molecule has 0 amide bonds. The summed E-state index contributed by atoms with van der Waals surface area (Å²) < 4.78 is 1.18. The molecule has 2 aromatic carbocycles. The van der Waals surface area contributed by atoms with E-state index in [1.54, 1.807) is 24.3 Å². The third-order valence-corrected chi connectivity index (χ3v) is 3.39. The summed E-state index contributed by atoms with van der Waals surface area (Å²) >= 11 is 6.00. The summed E-state index contributed by atoms with van der Waals surface area (Å²) in [4.78, 5) is 22.7. The van der Waals surface area contributed by atoms with Crippen LogP contribution in [-0.2, 0) is 0 Å². The van der Waals surface area contributed by atoms with Gasteiger partial charge in [0.25, 0.3) is 11.6 Å². The van der Waals surface area contributed by atoms with Crippen molar-refractivity contribution in [1.29, 1.82) is 0 Å². The maximum absolute atomic E-state index is 12.4. The van der Waals surface area contributed by atoms with Crippen molar-refractivity contribution < 1.29 is 9.72 Å². The number of benzene rings is 2. The van der Waals surface area contributed by atoms with E-state index in [1.807, 2.05) is 0 Å². The molecule has 1 aromatic heterocycles. The highest BCUT2D eigenvalue weighted by Gasteiger charge is 2.17. The number of carbonyl (C=O) groups is 1. The first-order valence-corrected chi connectivity index (χ1v) is 6.37. The standard InChI is InChI=1S/C14H8ClN3O3/c15-12-4-2-1-3-11(12)14(19)17-13-6-5-10(18(20)21)7-9(13)8-16-17/h1-8H. The topological polar surface area (TPSA) is 78.0 Å². The lowest BCUT2D eigenvalue weighted by Gasteiger charge is -2.04. The Kier molecular flexibility index (Phi) is 3.15. The largest absolute Gasteiger partial charge is 0.280 e. The number of aromatic nitrogens is 2. The van der Waals surface area contributed by atoms with Crippen molar-refractivity contribution in [1.82, 2.24) is 9.78 Å². The van der Waals surface area contributed by atoms with Gasteiger partial charge in [-0.3, -0.25) is 14.9 Å². The summed E-state index contributed by atoms with van der Waals surface area (Å²) in [5.41, 5.74) is 0.764. The van der Waals surface area contributed by atoms with Crippen LogP contribution in [0.1, 0.15) is 10.4 Å². The number of carbonyl (C=O) groups excluding carboxylic acids is 1. The first kappa shape index (κ1) is 13.3. The van der Waals surface area contributed by atoms with Crippen molar-refractivity contribution >= 4 is 34.1 Å². The van der Waals surface area contributed by atoms with Gasteiger partial charge in [-0.25, -0.2) is 0 Å². The van der Waals surface area contributed by atoms with E-state index in [0.717, 1.165) is 0 Å². The van der Waals surface area contributed by atoms with E-state index in [1.165, 1.54) is 29.1 Å². The van der Waals surface area contributed by atoms with Gasteiger partial charge in [0.15, 0.2) is 0 Å². The van der Waals surface area contributed by atoms with Crippen LogP contribution in [0, 0.1) is 10.1 Å². The molecular formula is C14H8ClN3O3. The summed E-state index contributed by atoms with van der Waals surface area (Å²) in [6, 6.07) is 10.8. The molecule has 3 aromatic rings. The quantitative estimate of drug-likeness (QED) is 0.537. The molecule has 21 heavy (non-hydrogen) atoms. The minimum absolute atomic E-state index is 0.0488. The van der Waals surface area contributed by atoms with Gasteiger partial charge in [-0.2, -0.15) is 9.78 Å². The van der Waals surface area contributed by atoms with Crippen molar-refractivity contribution in [2.45, 2.75) is 0 Å². The Labute approximate surface area is 123 Å². The molecule has 0 bridgehead atoms. The van der Waals surface area contributed by atoms with E-state index < -0.39 is 4.92 Å². The summed E-state index contributed by atoms with van der Waals surface area (Å²) in [5.74, 6) is -0.385. The lowest BCUT2D eigenvalue weighted by atomic mass is 10.2. The van der Waals surface area contributed by atoms with Crippen molar-refractivity contribution in [3.05, 3.63) is 69.4 Å². The fourth-order valence-corrected chi connectivity index (χ4v) is 2.26. The first-order valence-electron chi connectivity index (χ1n) is 5.99. The molecule has 0 N–H and O–H groups in total. The lowest BCUT2D eigenvalue weighted by Crippen LogP contribution is -2.13. The number of hydrogen-bond acceptors (Lipinski definition) is 4. The summed E-state index contributed by atoms with van der Waals surface area (Å²) in [6.07, 6.45) is 1.41. The van der Waals surface area contributed by atoms with Gasteiger partial charge < -0.3 is 0 Å². The predicted octanol–water partition coefficient (Wildman–Crippen LogP) is 3.29. The van der Waals surface area contributed by atoms with Gasteiger partial charge in [-0.1, -0.05) is 23.7 Å². The number of rotatable bonds is 2. The van der Waals surface area contributed by atoms with E-state index >= 15 is 0 Å². The van der Waals surface area contributed by atoms with Crippen LogP contribution >= 0.6 is 11.6 Å². The number of nitrogens with zero attached hydrogens (tertiary/aromatic N) is 3. The molecule has 6 nitrogen and oxygen atoms in total. The van der Waals surface area contributed by atoms with Crippen LogP contribution in [0.2, 0.25) is 5.02 Å². The van der Waals surface area contributed by atoms with Crippen LogP contribution in [0.5, 0.6) is 0 Å². The van der Waals surface area contributed by atoms with Gasteiger partial charge in [0.2, 0.25) is 0 Å². The second-order valence-corrected chi connectivity index (χ2v) is 4.75. The molecule has 0 radical (unpaired) electrons. The fraction of sp³-hybridized carbons (Fsp3) is 0. The van der Waals surface area contributed by atoms with Crippen LogP contribution in [0.3, 0.4) is 0 Å². The van der Waals surface area contributed by atoms with Crippen molar-refractivity contribution in [2.75, 3.05) is 0 Å². The molecule has 3 rings (SSSR count). The molecule has 0 aliphatic heterocycles. The normalized spacial score (nSPS) is 10.7. The van der Waals surface area contributed by atoms with Gasteiger partial charge in [0.1, 0.15) is 0 Å². The summed E-state index contributed by atoms with van der Waals surface area (Å²) in [7, 11) is 0. The Morgan fingerprint density at radius 2 is 2.00 bits per heavy atom. The minimum atomic E-state index is -0.493. The molecule has 0 unspecified atom stereocenters. The highest BCUT2D eigenvalue weighted by molar-refractivity contribution is 6.34. The number of halogens is 1. The van der Waals surface area contributed by atoms with Crippen LogP contribution < -0.4 is 0 Å². The smallest absolute Gasteiger partial charge is 0.267 e. The Bertz CT molecular complexity index is 873. The molecule has 1 heterocycles. The zero-order chi connectivity index (χ0) is 15.0. The highest BCUT2D eigenvalue weighted by atomic mass is 35.5. The predicted molar refractivity (Wildman–Crippen MR) is 77.6 cm³/mol. The van der Waals surface area contributed by atoms with Crippen molar-refractivity contribution in [2.24, 2.45) is 0 Å². The van der Waals surface area contributed by atoms with E-state index in [4.69, 9.17) is 11.6 Å². The molecule has 0 aliphatic rings. The number of nitro groups is 1. The molecule has 0 saturated heterocycles. The van der Waals surface area contributed by atoms with E-state index in [-0.39, 0.29) is 11.6 Å². The molecule has 0 aliphatic carbocycles. The first-order chi connectivity index (χ1) is 10.1. The van der Waals surface area contributed by atoms with Crippen LogP contribution in [-0.4, -0.2) is 20.6 Å². The van der Waals surface area contributed by atoms with Crippen molar-refractivity contribution in [3.63, 3.8) is 0 Å². The average molecular weight is 302 g/mol. The monoisotopic (exact) mass is 301 g/mol. The molecule has 0 spiro atoms. The molecule has 0 fully saturated rings. The summed E-state index contributed by atoms with van der Waals surface area (Å²) in [5, 5.41) is 15.6. The van der Waals surface area contributed by atoms with E-state index in [9.17, 15) is 14.9 Å². The lowest BCUT2D eigenvalue weighted by molar-refractivity contribution is -0.384. The molecule has 104 valence electrons. The van der Waals surface area contributed by atoms with Crippen LogP contribution in [0.4, 0.5) is 5.69 Å². The van der Waals surface area contributed by atoms with Gasteiger partial charge in [0, 0.05) is 17.5 Å². The number of hydrogen-bond donors (Lipinski definition) is 0. The fourth-order valence-electron chi connectivity index (χ4n) is 2.04. The summed E-state index contributed by atoms with van der Waals surface area (Å²) in [6.45, 7) is 0. The SMILES string of the molecule is O=C(c1ccccc1Cl)n1ncc2cc([N+](=O)[O-])ccc21. The Hall–Kier alpha value is -2.73. The molecule has 0 atom stereocenters. The van der Waals surface area contributed by atoms with Crippen molar-refractivity contribution in [3.8, 4) is 0 Å². The Morgan fingerprint density at radius 3 is 2.71 bits per heavy atom. The third-order valence-electron chi connectivity index (χ3n) is 3.06. The Morgan fingerprint density at radius 1 is 1.24 bits per heavy atom. The Balaban J connectivity index is 2.11. The molecular weight excluding hydrogens is 294 g/mol. The zero-order valence-corrected chi connectivity index (χ0v) is 11.3. The number of nitro benzene ring substituents is 1. The minimum Gasteiger partial charge on any atom is -0.267 e. The number of non-ortho nitro benzene ring substituents is 1. The second-order valence-electron chi connectivity index (χ2n) is 4.34. The highest BCUT2D eigenvalue weighted by Crippen LogP contribution is 2.23. The average Bonchev–Trinajstić information content (AvgIpc) is 2.90. The zero-order valence-electron chi connectivity index (χ0n) is 10.6. The number of fused-ring (bicyclic) bond motifs is 1. The second kappa shape index (κ2) is 4.99. The third kappa shape index (κ3) is 2.25. The molecule has 0 saturated carbocycles. The van der Waals surface area contributed by atoms with Gasteiger partial charge >= 0.3 is 0 Å². The molecule has 7 heteroatoms. The van der Waals surface area contributed by atoms with Gasteiger partial charge in [-0.05, 0) is 18.2 Å². The van der Waals surface area contributed by atoms with E-state index in [0.29, 0.717) is 21.5 Å². The van der Waals surface area contributed by atoms with Gasteiger partial charge in [0.05, 0.1) is 27.2 Å².